The van der Waals surface area contributed by atoms with E-state index in [0.717, 1.165) is 11.8 Å². The predicted molar refractivity (Wildman–Crippen MR) is 132 cm³/mol. The van der Waals surface area contributed by atoms with Crippen LogP contribution in [0.2, 0.25) is 0 Å². The van der Waals surface area contributed by atoms with Crippen LogP contribution in [0.1, 0.15) is 31.1 Å². The SMILES string of the molecule is O=C(Nc1ccc(SC(=O)c2ccccc2)c(C(=O)Nc2ccccc2)c1)c1ccccc1. The molecule has 0 spiro atoms. The van der Waals surface area contributed by atoms with Gasteiger partial charge in [0, 0.05) is 27.4 Å². The molecule has 0 atom stereocenters. The molecule has 0 saturated heterocycles. The fourth-order valence-corrected chi connectivity index (χ4v) is 3.97. The molecule has 162 valence electrons. The highest BCUT2D eigenvalue weighted by molar-refractivity contribution is 8.14. The molecule has 2 amide bonds. The van der Waals surface area contributed by atoms with Crippen LogP contribution in [0.4, 0.5) is 11.4 Å². The van der Waals surface area contributed by atoms with E-state index in [-0.39, 0.29) is 16.9 Å². The van der Waals surface area contributed by atoms with Crippen molar-refractivity contribution >= 4 is 40.1 Å². The average molecular weight is 453 g/mol. The molecule has 0 aromatic heterocycles. The second-order valence-corrected chi connectivity index (χ2v) is 8.12. The van der Waals surface area contributed by atoms with Gasteiger partial charge in [-0.3, -0.25) is 14.4 Å². The smallest absolute Gasteiger partial charge is 0.256 e. The number of rotatable bonds is 6. The molecule has 33 heavy (non-hydrogen) atoms. The lowest BCUT2D eigenvalue weighted by Crippen LogP contribution is -2.16. The molecule has 0 bridgehead atoms. The number of nitrogens with one attached hydrogen (secondary N) is 2. The molecular formula is C27H20N2O3S. The molecule has 2 N–H and O–H groups in total. The molecule has 0 unspecified atom stereocenters. The second-order valence-electron chi connectivity index (χ2n) is 7.11. The summed E-state index contributed by atoms with van der Waals surface area (Å²) in [7, 11) is 0. The molecular weight excluding hydrogens is 432 g/mol. The standard InChI is InChI=1S/C27H20N2O3S/c30-25(19-10-4-1-5-11-19)29-22-16-17-24(33-27(32)20-12-6-2-7-13-20)23(18-22)26(31)28-21-14-8-3-9-15-21/h1-18H,(H,28,31)(H,29,30). The van der Waals surface area contributed by atoms with Gasteiger partial charge in [0.2, 0.25) is 5.12 Å². The van der Waals surface area contributed by atoms with Crippen LogP contribution in [0.3, 0.4) is 0 Å². The quantitative estimate of drug-likeness (QED) is 0.346. The van der Waals surface area contributed by atoms with Crippen molar-refractivity contribution < 1.29 is 14.4 Å². The minimum atomic E-state index is -0.375. The van der Waals surface area contributed by atoms with Gasteiger partial charge in [0.15, 0.2) is 0 Å². The van der Waals surface area contributed by atoms with Crippen molar-refractivity contribution in [2.45, 2.75) is 4.90 Å². The van der Waals surface area contributed by atoms with E-state index in [2.05, 4.69) is 10.6 Å². The fourth-order valence-electron chi connectivity index (χ4n) is 3.12. The van der Waals surface area contributed by atoms with Crippen molar-refractivity contribution in [3.05, 3.63) is 126 Å². The summed E-state index contributed by atoms with van der Waals surface area (Å²) in [6, 6.07) is 31.7. The zero-order chi connectivity index (χ0) is 23.0. The van der Waals surface area contributed by atoms with Gasteiger partial charge in [0.05, 0.1) is 5.56 Å². The number of benzene rings is 4. The number of hydrogen-bond donors (Lipinski definition) is 2. The largest absolute Gasteiger partial charge is 0.322 e. The van der Waals surface area contributed by atoms with E-state index in [9.17, 15) is 14.4 Å². The monoisotopic (exact) mass is 452 g/mol. The maximum Gasteiger partial charge on any atom is 0.256 e. The van der Waals surface area contributed by atoms with Crippen molar-refractivity contribution in [2.75, 3.05) is 10.6 Å². The van der Waals surface area contributed by atoms with Crippen molar-refractivity contribution in [3.8, 4) is 0 Å². The lowest BCUT2D eigenvalue weighted by atomic mass is 10.1. The first kappa shape index (κ1) is 22.0. The van der Waals surface area contributed by atoms with Crippen LogP contribution in [-0.2, 0) is 0 Å². The lowest BCUT2D eigenvalue weighted by Gasteiger charge is -2.13. The molecule has 0 aliphatic heterocycles. The second kappa shape index (κ2) is 10.4. The van der Waals surface area contributed by atoms with Gasteiger partial charge in [-0.05, 0) is 54.2 Å². The molecule has 4 aromatic rings. The Morgan fingerprint density at radius 1 is 0.545 bits per heavy atom. The summed E-state index contributed by atoms with van der Waals surface area (Å²) in [5, 5.41) is 5.49. The topological polar surface area (TPSA) is 75.3 Å². The summed E-state index contributed by atoms with van der Waals surface area (Å²) in [4.78, 5) is 38.9. The lowest BCUT2D eigenvalue weighted by molar-refractivity contribution is 0.101. The molecule has 0 saturated carbocycles. The maximum atomic E-state index is 13.1. The summed E-state index contributed by atoms with van der Waals surface area (Å²) in [6.07, 6.45) is 0. The summed E-state index contributed by atoms with van der Waals surface area (Å²) in [5.41, 5.74) is 2.42. The Balaban J connectivity index is 1.62. The van der Waals surface area contributed by atoms with E-state index in [4.69, 9.17) is 0 Å². The van der Waals surface area contributed by atoms with Crippen LogP contribution < -0.4 is 10.6 Å². The summed E-state index contributed by atoms with van der Waals surface area (Å²) in [6.45, 7) is 0. The van der Waals surface area contributed by atoms with Crippen molar-refractivity contribution in [3.63, 3.8) is 0 Å². The van der Waals surface area contributed by atoms with Crippen LogP contribution in [0.15, 0.2) is 114 Å². The highest BCUT2D eigenvalue weighted by Crippen LogP contribution is 2.29. The van der Waals surface area contributed by atoms with Crippen molar-refractivity contribution in [1.29, 1.82) is 0 Å². The number of thioether (sulfide) groups is 1. The molecule has 5 nitrogen and oxygen atoms in total. The fraction of sp³-hybridized carbons (Fsp3) is 0. The Kier molecular flexibility index (Phi) is 6.97. The first-order valence-corrected chi connectivity index (χ1v) is 11.1. The third-order valence-electron chi connectivity index (χ3n) is 4.76. The number of hydrogen-bond acceptors (Lipinski definition) is 4. The Labute approximate surface area is 195 Å². The van der Waals surface area contributed by atoms with Gasteiger partial charge in [0.25, 0.3) is 11.8 Å². The summed E-state index contributed by atoms with van der Waals surface area (Å²) >= 11 is 0.974. The molecule has 0 aliphatic rings. The van der Waals surface area contributed by atoms with Crippen LogP contribution in [0.5, 0.6) is 0 Å². The molecule has 4 rings (SSSR count). The van der Waals surface area contributed by atoms with E-state index < -0.39 is 0 Å². The number of anilines is 2. The van der Waals surface area contributed by atoms with E-state index in [1.807, 2.05) is 30.3 Å². The number of carbonyl (C=O) groups is 3. The Bertz CT molecular complexity index is 1280. The van der Waals surface area contributed by atoms with Crippen LogP contribution in [-0.4, -0.2) is 16.9 Å². The summed E-state index contributed by atoms with van der Waals surface area (Å²) < 4.78 is 0. The molecule has 0 aliphatic carbocycles. The zero-order valence-corrected chi connectivity index (χ0v) is 18.3. The molecule has 0 radical (unpaired) electrons. The minimum absolute atomic E-state index is 0.176. The number of para-hydroxylation sites is 1. The van der Waals surface area contributed by atoms with Crippen molar-refractivity contribution in [2.24, 2.45) is 0 Å². The normalized spacial score (nSPS) is 10.3. The molecule has 0 heterocycles. The van der Waals surface area contributed by atoms with E-state index in [1.165, 1.54) is 0 Å². The van der Waals surface area contributed by atoms with Gasteiger partial charge in [-0.25, -0.2) is 0 Å². The van der Waals surface area contributed by atoms with Crippen LogP contribution in [0.25, 0.3) is 0 Å². The zero-order valence-electron chi connectivity index (χ0n) is 17.5. The molecule has 0 fully saturated rings. The minimum Gasteiger partial charge on any atom is -0.322 e. The van der Waals surface area contributed by atoms with Gasteiger partial charge in [0.1, 0.15) is 0 Å². The van der Waals surface area contributed by atoms with Crippen molar-refractivity contribution in [1.82, 2.24) is 0 Å². The van der Waals surface area contributed by atoms with Gasteiger partial charge >= 0.3 is 0 Å². The van der Waals surface area contributed by atoms with Crippen LogP contribution in [0, 0.1) is 0 Å². The van der Waals surface area contributed by atoms with E-state index in [1.54, 1.807) is 78.9 Å². The number of amides is 2. The number of carbonyl (C=O) groups excluding carboxylic acids is 3. The average Bonchev–Trinajstić information content (AvgIpc) is 2.86. The third-order valence-corrected chi connectivity index (χ3v) is 5.76. The first-order chi connectivity index (χ1) is 16.1. The Hall–Kier alpha value is -4.16. The highest BCUT2D eigenvalue weighted by Gasteiger charge is 2.18. The van der Waals surface area contributed by atoms with E-state index >= 15 is 0 Å². The predicted octanol–water partition coefficient (Wildman–Crippen LogP) is 6.12. The Morgan fingerprint density at radius 3 is 1.73 bits per heavy atom. The molecule has 4 aromatic carbocycles. The third kappa shape index (κ3) is 5.75. The van der Waals surface area contributed by atoms with Gasteiger partial charge in [-0.2, -0.15) is 0 Å². The molecule has 6 heteroatoms. The van der Waals surface area contributed by atoms with Gasteiger partial charge in [-0.15, -0.1) is 0 Å². The first-order valence-electron chi connectivity index (χ1n) is 10.2. The van der Waals surface area contributed by atoms with Crippen LogP contribution >= 0.6 is 11.8 Å². The Morgan fingerprint density at radius 2 is 1.09 bits per heavy atom. The summed E-state index contributed by atoms with van der Waals surface area (Å²) in [5.74, 6) is -0.661. The van der Waals surface area contributed by atoms with Gasteiger partial charge < -0.3 is 10.6 Å². The maximum absolute atomic E-state index is 13.1. The van der Waals surface area contributed by atoms with Gasteiger partial charge in [-0.1, -0.05) is 66.7 Å². The highest BCUT2D eigenvalue weighted by atomic mass is 32.2. The van der Waals surface area contributed by atoms with E-state index in [0.29, 0.717) is 33.0 Å².